The second kappa shape index (κ2) is 14.2. The Morgan fingerprint density at radius 1 is 1.20 bits per heavy atom. The van der Waals surface area contributed by atoms with E-state index in [0.717, 1.165) is 6.42 Å². The zero-order valence-electron chi connectivity index (χ0n) is 13.3. The molecule has 20 heavy (non-hydrogen) atoms. The van der Waals surface area contributed by atoms with Crippen molar-refractivity contribution in [1.29, 1.82) is 0 Å². The van der Waals surface area contributed by atoms with E-state index in [9.17, 15) is 0 Å². The van der Waals surface area contributed by atoms with Gasteiger partial charge in [0.2, 0.25) is 0 Å². The maximum absolute atomic E-state index is 3.19. The molecule has 0 amide bonds. The third kappa shape index (κ3) is 16.3. The largest absolute Gasteiger partial charge is 1.00 e. The smallest absolute Gasteiger partial charge is 1.00 e. The zero-order valence-corrected chi connectivity index (χ0v) is 18.4. The van der Waals surface area contributed by atoms with Gasteiger partial charge in [-0.3, -0.25) is 12.2 Å². The molecule has 0 fully saturated rings. The molecule has 2 aliphatic carbocycles. The van der Waals surface area contributed by atoms with E-state index in [2.05, 4.69) is 65.8 Å². The molecular formula is C17H24Cl2Hf-2. The average Bonchev–Trinajstić information content (AvgIpc) is 2.76. The monoisotopic (exact) mass is 478 g/mol. The van der Waals surface area contributed by atoms with Gasteiger partial charge in [0.1, 0.15) is 0 Å². The molecule has 2 aliphatic rings. The van der Waals surface area contributed by atoms with E-state index in [1.807, 2.05) is 6.08 Å². The summed E-state index contributed by atoms with van der Waals surface area (Å²) in [6, 6.07) is 0. The van der Waals surface area contributed by atoms with Gasteiger partial charge in [0.25, 0.3) is 0 Å². The Balaban J connectivity index is -0.000000215. The Morgan fingerprint density at radius 3 is 1.80 bits per heavy atom. The van der Waals surface area contributed by atoms with Gasteiger partial charge in [-0.25, -0.2) is 23.3 Å². The van der Waals surface area contributed by atoms with Crippen LogP contribution < -0.4 is 24.8 Å². The molecule has 0 N–H and O–H groups in total. The van der Waals surface area contributed by atoms with Gasteiger partial charge in [-0.05, 0) is 0 Å². The van der Waals surface area contributed by atoms with E-state index in [1.54, 1.807) is 3.26 Å². The quantitative estimate of drug-likeness (QED) is 0.303. The van der Waals surface area contributed by atoms with Gasteiger partial charge in [-0.2, -0.15) is 11.6 Å². The topological polar surface area (TPSA) is 0 Å². The van der Waals surface area contributed by atoms with Crippen LogP contribution >= 0.6 is 0 Å². The van der Waals surface area contributed by atoms with Crippen molar-refractivity contribution in [2.24, 2.45) is 5.92 Å². The van der Waals surface area contributed by atoms with Crippen LogP contribution in [0.25, 0.3) is 0 Å². The fraction of sp³-hybridized carbons (Fsp3) is 0.471. The first-order valence-corrected chi connectivity index (χ1v) is 8.15. The molecule has 0 radical (unpaired) electrons. The van der Waals surface area contributed by atoms with Crippen LogP contribution in [-0.2, 0) is 23.9 Å². The third-order valence-electron chi connectivity index (χ3n) is 2.20. The van der Waals surface area contributed by atoms with Crippen molar-refractivity contribution in [3.63, 3.8) is 0 Å². The molecule has 0 aliphatic heterocycles. The summed E-state index contributed by atoms with van der Waals surface area (Å²) >= 11 is 1.27. The molecule has 0 nitrogen and oxygen atoms in total. The first kappa shape index (κ1) is 25.2. The van der Waals surface area contributed by atoms with E-state index >= 15 is 0 Å². The summed E-state index contributed by atoms with van der Waals surface area (Å²) in [5, 5.41) is 0. The van der Waals surface area contributed by atoms with Crippen molar-refractivity contribution < 1.29 is 48.7 Å². The maximum Gasteiger partial charge on any atom is -1.00 e. The van der Waals surface area contributed by atoms with Crippen LogP contribution in [0.4, 0.5) is 0 Å². The van der Waals surface area contributed by atoms with E-state index in [-0.39, 0.29) is 24.8 Å². The second-order valence-electron chi connectivity index (χ2n) is 5.04. The van der Waals surface area contributed by atoms with Crippen molar-refractivity contribution in [2.75, 3.05) is 0 Å². The molecule has 0 heterocycles. The molecular weight excluding hydrogens is 454 g/mol. The van der Waals surface area contributed by atoms with Crippen LogP contribution in [0.3, 0.4) is 0 Å². The van der Waals surface area contributed by atoms with Gasteiger partial charge < -0.3 is 24.8 Å². The van der Waals surface area contributed by atoms with Gasteiger partial charge in [0, 0.05) is 0 Å². The van der Waals surface area contributed by atoms with Gasteiger partial charge in [-0.1, -0.05) is 26.7 Å². The van der Waals surface area contributed by atoms with Crippen LogP contribution in [0.15, 0.2) is 34.9 Å². The summed E-state index contributed by atoms with van der Waals surface area (Å²) in [6.07, 6.45) is 13.8. The van der Waals surface area contributed by atoms with Gasteiger partial charge in [0.05, 0.1) is 0 Å². The Morgan fingerprint density at radius 2 is 1.70 bits per heavy atom. The van der Waals surface area contributed by atoms with Crippen molar-refractivity contribution in [3.8, 4) is 0 Å². The first-order valence-electron chi connectivity index (χ1n) is 6.35. The molecule has 0 aromatic carbocycles. The number of rotatable bonds is 0. The van der Waals surface area contributed by atoms with E-state index in [0.29, 0.717) is 5.92 Å². The molecule has 112 valence electrons. The normalized spacial score (nSPS) is 18.0. The minimum Gasteiger partial charge on any atom is -1.00 e. The van der Waals surface area contributed by atoms with Crippen LogP contribution in [-0.4, -0.2) is 3.26 Å². The number of halogens is 2. The second-order valence-corrected chi connectivity index (χ2v) is 8.63. The SMILES string of the molecule is CC1=CC(C)[C-]=C1.CC1=[C-]CC(C)=C1.C[C](C)=[Hf+2].[Cl-].[Cl-]. The molecule has 0 spiro atoms. The van der Waals surface area contributed by atoms with E-state index < -0.39 is 0 Å². The zero-order chi connectivity index (χ0) is 14.1. The standard InChI is InChI=1S/2C7H9.C3H6.2ClH.Hf/c2*1-6-3-4-7(2)5-6;1-3-2;;;/h5H,3H2,1-2H3;3,5,7H,1-2H3;1-2H3;2*1H;/q2*-1;;;;+2/p-2. The van der Waals surface area contributed by atoms with Crippen LogP contribution in [0.5, 0.6) is 0 Å². The molecule has 2 rings (SSSR count). The summed E-state index contributed by atoms with van der Waals surface area (Å²) in [6.45, 7) is 12.7. The summed E-state index contributed by atoms with van der Waals surface area (Å²) in [5.41, 5.74) is 4.06. The van der Waals surface area contributed by atoms with Crippen LogP contribution in [0.2, 0.25) is 0 Å². The van der Waals surface area contributed by atoms with Gasteiger partial charge in [-0.15, -0.1) is 13.3 Å². The average molecular weight is 478 g/mol. The van der Waals surface area contributed by atoms with Crippen LogP contribution in [0, 0.1) is 18.1 Å². The minimum absolute atomic E-state index is 0. The van der Waals surface area contributed by atoms with Crippen molar-refractivity contribution >= 4 is 3.26 Å². The van der Waals surface area contributed by atoms with Crippen molar-refractivity contribution in [3.05, 3.63) is 47.1 Å². The Labute approximate surface area is 152 Å². The molecule has 0 aromatic rings. The maximum atomic E-state index is 3.19. The van der Waals surface area contributed by atoms with Crippen LogP contribution in [0.1, 0.15) is 48.0 Å². The van der Waals surface area contributed by atoms with Crippen molar-refractivity contribution in [2.45, 2.75) is 48.0 Å². The molecule has 1 unspecified atom stereocenters. The summed E-state index contributed by atoms with van der Waals surface area (Å²) in [5.74, 6) is 0.556. The molecule has 0 bridgehead atoms. The molecule has 3 heteroatoms. The predicted molar refractivity (Wildman–Crippen MR) is 77.9 cm³/mol. The summed E-state index contributed by atoms with van der Waals surface area (Å²) in [4.78, 5) is 0. The Kier molecular flexibility index (Phi) is 18.0. The first-order chi connectivity index (χ1) is 8.31. The number of hydrogen-bond acceptors (Lipinski definition) is 0. The summed E-state index contributed by atoms with van der Waals surface area (Å²) < 4.78 is 1.56. The Bertz CT molecular complexity index is 397. The third-order valence-corrected chi connectivity index (χ3v) is 2.20. The van der Waals surface area contributed by atoms with Gasteiger partial charge in [0.15, 0.2) is 0 Å². The fourth-order valence-corrected chi connectivity index (χ4v) is 1.50. The molecule has 1 atom stereocenters. The number of hydrogen-bond donors (Lipinski definition) is 0. The minimum atomic E-state index is 0. The Hall–Kier alpha value is 0.280. The molecule has 0 saturated heterocycles. The molecule has 0 saturated carbocycles. The molecule has 0 aromatic heterocycles. The fourth-order valence-electron chi connectivity index (χ4n) is 1.50. The number of allylic oxidation sites excluding steroid dienone is 8. The predicted octanol–water partition coefficient (Wildman–Crippen LogP) is -1.22. The van der Waals surface area contributed by atoms with Crippen molar-refractivity contribution in [1.82, 2.24) is 0 Å². The summed E-state index contributed by atoms with van der Waals surface area (Å²) in [7, 11) is 0. The van der Waals surface area contributed by atoms with E-state index in [4.69, 9.17) is 0 Å². The van der Waals surface area contributed by atoms with Gasteiger partial charge >= 0.3 is 41.0 Å². The van der Waals surface area contributed by atoms with E-state index in [1.165, 1.54) is 40.6 Å².